The molecule has 1 amide bonds. The lowest BCUT2D eigenvalue weighted by atomic mass is 10.2. The molecule has 6 heteroatoms. The fourth-order valence-electron chi connectivity index (χ4n) is 1.49. The van der Waals surface area contributed by atoms with Gasteiger partial charge < -0.3 is 10.6 Å². The number of nitrogens with zero attached hydrogens (tertiary/aromatic N) is 2. The van der Waals surface area contributed by atoms with Crippen LogP contribution in [0.15, 0.2) is 32.8 Å². The van der Waals surface area contributed by atoms with Gasteiger partial charge in [0, 0.05) is 41.3 Å². The van der Waals surface area contributed by atoms with Gasteiger partial charge >= 0.3 is 0 Å². The predicted molar refractivity (Wildman–Crippen MR) is 79.8 cm³/mol. The summed E-state index contributed by atoms with van der Waals surface area (Å²) in [5.74, 6) is -0.0304. The van der Waals surface area contributed by atoms with E-state index in [1.807, 2.05) is 18.4 Å². The zero-order valence-corrected chi connectivity index (χ0v) is 12.6. The van der Waals surface area contributed by atoms with Crippen LogP contribution in [0.3, 0.4) is 0 Å². The summed E-state index contributed by atoms with van der Waals surface area (Å²) in [6.07, 6.45) is 0. The van der Waals surface area contributed by atoms with Crippen LogP contribution in [0.2, 0.25) is 0 Å². The second kappa shape index (κ2) is 5.63. The van der Waals surface area contributed by atoms with Crippen molar-refractivity contribution in [1.29, 1.82) is 0 Å². The Morgan fingerprint density at radius 3 is 2.74 bits per heavy atom. The minimum Gasteiger partial charge on any atom is -0.398 e. The summed E-state index contributed by atoms with van der Waals surface area (Å²) in [7, 11) is 3.46. The van der Waals surface area contributed by atoms with Crippen LogP contribution < -0.4 is 5.73 Å². The first-order valence-corrected chi connectivity index (χ1v) is 7.38. The molecule has 0 unspecified atom stereocenters. The first-order valence-electron chi connectivity index (χ1n) is 5.68. The largest absolute Gasteiger partial charge is 0.398 e. The molecule has 0 atom stereocenters. The van der Waals surface area contributed by atoms with Gasteiger partial charge in [-0.1, -0.05) is 11.8 Å². The van der Waals surface area contributed by atoms with Gasteiger partial charge in [0.05, 0.1) is 0 Å². The summed E-state index contributed by atoms with van der Waals surface area (Å²) < 4.78 is 0.929. The number of thiazole rings is 1. The van der Waals surface area contributed by atoms with E-state index < -0.39 is 0 Å². The van der Waals surface area contributed by atoms with E-state index in [9.17, 15) is 4.79 Å². The van der Waals surface area contributed by atoms with Gasteiger partial charge in [0.25, 0.3) is 5.91 Å². The molecule has 1 heterocycles. The number of carbonyl (C=O) groups is 1. The van der Waals surface area contributed by atoms with E-state index in [2.05, 4.69) is 4.98 Å². The average molecular weight is 293 g/mol. The van der Waals surface area contributed by atoms with Crippen molar-refractivity contribution in [2.75, 3.05) is 19.8 Å². The number of benzene rings is 1. The third kappa shape index (κ3) is 3.27. The number of aryl methyl sites for hydroxylation is 1. The minimum atomic E-state index is -0.0304. The number of carbonyl (C=O) groups excluding carboxylic acids is 1. The lowest BCUT2D eigenvalue weighted by molar-refractivity contribution is 0.0827. The van der Waals surface area contributed by atoms with Gasteiger partial charge in [0.2, 0.25) is 0 Å². The van der Waals surface area contributed by atoms with Gasteiger partial charge in [-0.2, -0.15) is 0 Å². The van der Waals surface area contributed by atoms with Gasteiger partial charge in [-0.25, -0.2) is 4.98 Å². The lowest BCUT2D eigenvalue weighted by Gasteiger charge is -2.12. The maximum absolute atomic E-state index is 11.9. The third-order valence-electron chi connectivity index (χ3n) is 2.46. The van der Waals surface area contributed by atoms with Crippen LogP contribution in [-0.4, -0.2) is 29.9 Å². The Balaban J connectivity index is 2.29. The molecule has 0 fully saturated rings. The Hall–Kier alpha value is -1.53. The van der Waals surface area contributed by atoms with Crippen molar-refractivity contribution >= 4 is 34.7 Å². The Labute approximate surface area is 120 Å². The molecule has 0 saturated carbocycles. The zero-order valence-electron chi connectivity index (χ0n) is 11.0. The van der Waals surface area contributed by atoms with Gasteiger partial charge in [0.15, 0.2) is 4.34 Å². The standard InChI is InChI=1S/C13H15N3OS2/c1-8-7-18-13(15-8)19-11-6-9(4-5-10(11)14)12(17)16(2)3/h4-7H,14H2,1-3H3. The van der Waals surface area contributed by atoms with E-state index in [-0.39, 0.29) is 5.91 Å². The van der Waals surface area contributed by atoms with E-state index in [1.165, 1.54) is 11.8 Å². The Morgan fingerprint density at radius 1 is 1.42 bits per heavy atom. The van der Waals surface area contributed by atoms with Gasteiger partial charge in [0.1, 0.15) is 0 Å². The Morgan fingerprint density at radius 2 is 2.16 bits per heavy atom. The summed E-state index contributed by atoms with van der Waals surface area (Å²) in [4.78, 5) is 18.7. The smallest absolute Gasteiger partial charge is 0.253 e. The van der Waals surface area contributed by atoms with Crippen molar-refractivity contribution < 1.29 is 4.79 Å². The number of nitrogen functional groups attached to an aromatic ring is 1. The van der Waals surface area contributed by atoms with Crippen molar-refractivity contribution in [3.8, 4) is 0 Å². The number of rotatable bonds is 3. The summed E-state index contributed by atoms with van der Waals surface area (Å²) in [6, 6.07) is 5.33. The molecule has 0 aliphatic heterocycles. The molecule has 2 rings (SSSR count). The van der Waals surface area contributed by atoms with E-state index in [4.69, 9.17) is 5.73 Å². The maximum atomic E-state index is 11.9. The lowest BCUT2D eigenvalue weighted by Crippen LogP contribution is -2.21. The van der Waals surface area contributed by atoms with Crippen LogP contribution in [0, 0.1) is 6.92 Å². The fraction of sp³-hybridized carbons (Fsp3) is 0.231. The molecule has 0 bridgehead atoms. The highest BCUT2D eigenvalue weighted by Gasteiger charge is 2.12. The van der Waals surface area contributed by atoms with E-state index in [1.54, 1.807) is 42.5 Å². The Kier molecular flexibility index (Phi) is 4.11. The molecule has 0 radical (unpaired) electrons. The SMILES string of the molecule is Cc1csc(Sc2cc(C(=O)N(C)C)ccc2N)n1. The normalized spacial score (nSPS) is 10.5. The van der Waals surface area contributed by atoms with Crippen LogP contribution in [0.1, 0.15) is 16.1 Å². The zero-order chi connectivity index (χ0) is 14.0. The molecule has 0 spiro atoms. The first-order chi connectivity index (χ1) is 8.97. The van der Waals surface area contributed by atoms with Crippen LogP contribution in [0.4, 0.5) is 5.69 Å². The van der Waals surface area contributed by atoms with Crippen LogP contribution in [0.25, 0.3) is 0 Å². The molecule has 1 aromatic carbocycles. The summed E-state index contributed by atoms with van der Waals surface area (Å²) in [6.45, 7) is 1.95. The molecule has 2 N–H and O–H groups in total. The van der Waals surface area contributed by atoms with Crippen LogP contribution in [0.5, 0.6) is 0 Å². The van der Waals surface area contributed by atoms with Crippen LogP contribution >= 0.6 is 23.1 Å². The second-order valence-corrected chi connectivity index (χ2v) is 6.46. The number of hydrogen-bond acceptors (Lipinski definition) is 5. The summed E-state index contributed by atoms with van der Waals surface area (Å²) in [5.41, 5.74) is 8.24. The molecular weight excluding hydrogens is 278 g/mol. The van der Waals surface area contributed by atoms with Crippen LogP contribution in [-0.2, 0) is 0 Å². The van der Waals surface area contributed by atoms with E-state index in [0.717, 1.165) is 14.9 Å². The number of aromatic nitrogens is 1. The number of anilines is 1. The topological polar surface area (TPSA) is 59.2 Å². The molecular formula is C13H15N3OS2. The highest BCUT2D eigenvalue weighted by molar-refractivity contribution is 8.01. The molecule has 19 heavy (non-hydrogen) atoms. The monoisotopic (exact) mass is 293 g/mol. The molecule has 1 aromatic heterocycles. The number of amides is 1. The van der Waals surface area contributed by atoms with Gasteiger partial charge in [-0.3, -0.25) is 4.79 Å². The molecule has 0 aliphatic rings. The maximum Gasteiger partial charge on any atom is 0.253 e. The number of nitrogens with two attached hydrogens (primary N) is 1. The second-order valence-electron chi connectivity index (χ2n) is 4.31. The van der Waals surface area contributed by atoms with Crippen molar-refractivity contribution in [1.82, 2.24) is 9.88 Å². The minimum absolute atomic E-state index is 0.0304. The fourth-order valence-corrected chi connectivity index (χ4v) is 3.36. The van der Waals surface area contributed by atoms with Crippen molar-refractivity contribution in [2.45, 2.75) is 16.2 Å². The van der Waals surface area contributed by atoms with Crippen molar-refractivity contribution in [2.24, 2.45) is 0 Å². The molecule has 0 aliphatic carbocycles. The van der Waals surface area contributed by atoms with Crippen molar-refractivity contribution in [3.05, 3.63) is 34.8 Å². The molecule has 2 aromatic rings. The van der Waals surface area contributed by atoms with Gasteiger partial charge in [-0.15, -0.1) is 11.3 Å². The highest BCUT2D eigenvalue weighted by atomic mass is 32.2. The quantitative estimate of drug-likeness (QED) is 0.884. The average Bonchev–Trinajstić information content (AvgIpc) is 2.76. The molecule has 0 saturated heterocycles. The predicted octanol–water partition coefficient (Wildman–Crippen LogP) is 2.89. The van der Waals surface area contributed by atoms with Gasteiger partial charge in [-0.05, 0) is 25.1 Å². The van der Waals surface area contributed by atoms with Crippen molar-refractivity contribution in [3.63, 3.8) is 0 Å². The molecule has 4 nitrogen and oxygen atoms in total. The number of hydrogen-bond donors (Lipinski definition) is 1. The van der Waals surface area contributed by atoms with E-state index in [0.29, 0.717) is 11.3 Å². The summed E-state index contributed by atoms with van der Waals surface area (Å²) >= 11 is 3.06. The van der Waals surface area contributed by atoms with E-state index >= 15 is 0 Å². The Bertz CT molecular complexity index is 608. The third-order valence-corrected chi connectivity index (χ3v) is 4.59. The summed E-state index contributed by atoms with van der Waals surface area (Å²) in [5, 5.41) is 1.99. The first kappa shape index (κ1) is 13.9. The molecule has 100 valence electrons. The highest BCUT2D eigenvalue weighted by Crippen LogP contribution is 2.34.